The van der Waals surface area contributed by atoms with Crippen molar-refractivity contribution in [3.05, 3.63) is 141 Å². The summed E-state index contributed by atoms with van der Waals surface area (Å²) in [6, 6.07) is 33.6. The zero-order valence-electron chi connectivity index (χ0n) is 19.2. The van der Waals surface area contributed by atoms with Gasteiger partial charge in [0.1, 0.15) is 0 Å². The van der Waals surface area contributed by atoms with Gasteiger partial charge in [-0.05, 0) is 78.3 Å². The molecule has 0 saturated heterocycles. The third-order valence-electron chi connectivity index (χ3n) is 6.32. The highest BCUT2D eigenvalue weighted by atomic mass is 14.3. The third-order valence-corrected chi connectivity index (χ3v) is 6.32. The van der Waals surface area contributed by atoms with Gasteiger partial charge in [0.15, 0.2) is 0 Å². The second-order valence-corrected chi connectivity index (χ2v) is 9.00. The van der Waals surface area contributed by atoms with Crippen LogP contribution in [-0.4, -0.2) is 0 Å². The SMILES string of the molecule is Cc1ccc(/C=C2/C(c3ccc(C)cc3)=C(c3ccc(C)cc3)c3cc(C)ccc32)cc1. The molecule has 156 valence electrons. The fourth-order valence-electron chi connectivity index (χ4n) is 4.52. The molecule has 0 amide bonds. The van der Waals surface area contributed by atoms with Gasteiger partial charge < -0.3 is 0 Å². The van der Waals surface area contributed by atoms with Crippen molar-refractivity contribution in [1.29, 1.82) is 0 Å². The highest BCUT2D eigenvalue weighted by molar-refractivity contribution is 6.27. The fourth-order valence-corrected chi connectivity index (χ4v) is 4.52. The normalized spacial score (nSPS) is 14.2. The van der Waals surface area contributed by atoms with Gasteiger partial charge in [-0.1, -0.05) is 113 Å². The summed E-state index contributed by atoms with van der Waals surface area (Å²) in [6.45, 7) is 8.61. The number of hydrogen-bond acceptors (Lipinski definition) is 0. The van der Waals surface area contributed by atoms with Gasteiger partial charge in [0, 0.05) is 0 Å². The summed E-state index contributed by atoms with van der Waals surface area (Å²) < 4.78 is 0. The highest BCUT2D eigenvalue weighted by Crippen LogP contribution is 2.50. The Bertz CT molecular complexity index is 1340. The molecule has 0 fully saturated rings. The van der Waals surface area contributed by atoms with Crippen LogP contribution in [0.15, 0.2) is 91.0 Å². The van der Waals surface area contributed by atoms with Crippen molar-refractivity contribution in [1.82, 2.24) is 0 Å². The lowest BCUT2D eigenvalue weighted by Crippen LogP contribution is -1.90. The first kappa shape index (κ1) is 20.3. The van der Waals surface area contributed by atoms with Crippen LogP contribution in [0.4, 0.5) is 0 Å². The van der Waals surface area contributed by atoms with Crippen molar-refractivity contribution in [2.45, 2.75) is 27.7 Å². The van der Waals surface area contributed by atoms with E-state index in [9.17, 15) is 0 Å². The predicted octanol–water partition coefficient (Wildman–Crippen LogP) is 8.43. The summed E-state index contributed by atoms with van der Waals surface area (Å²) in [6.07, 6.45) is 2.35. The summed E-state index contributed by atoms with van der Waals surface area (Å²) in [5, 5.41) is 0. The molecule has 5 rings (SSSR count). The zero-order valence-corrected chi connectivity index (χ0v) is 19.2. The minimum atomic E-state index is 1.23. The molecule has 0 radical (unpaired) electrons. The molecule has 0 unspecified atom stereocenters. The first-order valence-electron chi connectivity index (χ1n) is 11.3. The Morgan fingerprint density at radius 2 is 0.906 bits per heavy atom. The van der Waals surface area contributed by atoms with Gasteiger partial charge in [-0.25, -0.2) is 0 Å². The summed E-state index contributed by atoms with van der Waals surface area (Å²) in [5.41, 5.74) is 15.5. The van der Waals surface area contributed by atoms with Crippen molar-refractivity contribution in [2.24, 2.45) is 0 Å². The Balaban J connectivity index is 1.84. The van der Waals surface area contributed by atoms with Crippen molar-refractivity contribution < 1.29 is 0 Å². The fraction of sp³-hybridized carbons (Fsp3) is 0.125. The van der Waals surface area contributed by atoms with E-state index >= 15 is 0 Å². The highest BCUT2D eigenvalue weighted by Gasteiger charge is 2.28. The van der Waals surface area contributed by atoms with Crippen LogP contribution in [0.3, 0.4) is 0 Å². The van der Waals surface area contributed by atoms with Crippen LogP contribution in [0.5, 0.6) is 0 Å². The zero-order chi connectivity index (χ0) is 22.2. The van der Waals surface area contributed by atoms with Crippen LogP contribution in [0.25, 0.3) is 22.8 Å². The van der Waals surface area contributed by atoms with Gasteiger partial charge in [0.25, 0.3) is 0 Å². The predicted molar refractivity (Wildman–Crippen MR) is 139 cm³/mol. The molecule has 0 aromatic heterocycles. The molecule has 0 saturated carbocycles. The van der Waals surface area contributed by atoms with Gasteiger partial charge >= 0.3 is 0 Å². The summed E-state index contributed by atoms with van der Waals surface area (Å²) in [5.74, 6) is 0. The average Bonchev–Trinajstić information content (AvgIpc) is 3.09. The van der Waals surface area contributed by atoms with E-state index in [2.05, 4.69) is 125 Å². The number of aryl methyl sites for hydroxylation is 4. The minimum absolute atomic E-state index is 1.23. The lowest BCUT2D eigenvalue weighted by Gasteiger charge is -2.12. The third kappa shape index (κ3) is 3.74. The van der Waals surface area contributed by atoms with E-state index in [0.717, 1.165) is 0 Å². The van der Waals surface area contributed by atoms with Crippen molar-refractivity contribution >= 4 is 22.8 Å². The lowest BCUT2D eigenvalue weighted by molar-refractivity contribution is 1.42. The number of fused-ring (bicyclic) bond motifs is 1. The van der Waals surface area contributed by atoms with E-state index in [-0.39, 0.29) is 0 Å². The first-order valence-corrected chi connectivity index (χ1v) is 11.3. The molecule has 0 N–H and O–H groups in total. The number of allylic oxidation sites excluding steroid dienone is 2. The van der Waals surface area contributed by atoms with E-state index in [0.29, 0.717) is 0 Å². The van der Waals surface area contributed by atoms with Crippen molar-refractivity contribution in [2.75, 3.05) is 0 Å². The smallest absolute Gasteiger partial charge is 0.00201 e. The van der Waals surface area contributed by atoms with Gasteiger partial charge in [0.2, 0.25) is 0 Å². The average molecular weight is 413 g/mol. The second-order valence-electron chi connectivity index (χ2n) is 9.00. The summed E-state index contributed by atoms with van der Waals surface area (Å²) in [4.78, 5) is 0. The Morgan fingerprint density at radius 3 is 1.47 bits per heavy atom. The van der Waals surface area contributed by atoms with Gasteiger partial charge in [-0.3, -0.25) is 0 Å². The molecule has 0 heteroatoms. The summed E-state index contributed by atoms with van der Waals surface area (Å²) >= 11 is 0. The maximum absolute atomic E-state index is 2.35. The molecule has 0 atom stereocenters. The standard InChI is InChI=1S/C32H28/c1-21-5-12-25(13-6-21)20-30-28-18-11-24(4)19-29(28)31(26-14-7-22(2)8-15-26)32(30)27-16-9-23(3)10-17-27/h5-20H,1-4H3/b30-20+. The molecular formula is C32H28. The Labute approximate surface area is 191 Å². The first-order chi connectivity index (χ1) is 15.5. The largest absolute Gasteiger partial charge is 0.0587 e. The van der Waals surface area contributed by atoms with Crippen LogP contribution in [0.1, 0.15) is 50.1 Å². The molecular weight excluding hydrogens is 384 g/mol. The van der Waals surface area contributed by atoms with Crippen molar-refractivity contribution in [3.63, 3.8) is 0 Å². The molecule has 1 aliphatic rings. The summed E-state index contributed by atoms with van der Waals surface area (Å²) in [7, 11) is 0. The molecule has 0 spiro atoms. The van der Waals surface area contributed by atoms with E-state index in [1.165, 1.54) is 66.8 Å². The van der Waals surface area contributed by atoms with E-state index < -0.39 is 0 Å². The van der Waals surface area contributed by atoms with E-state index in [1.54, 1.807) is 0 Å². The molecule has 0 heterocycles. The monoisotopic (exact) mass is 412 g/mol. The molecule has 0 bridgehead atoms. The maximum Gasteiger partial charge on any atom is -0.00201 e. The second kappa shape index (κ2) is 8.13. The maximum atomic E-state index is 2.35. The molecule has 4 aromatic carbocycles. The quantitative estimate of drug-likeness (QED) is 0.317. The Morgan fingerprint density at radius 1 is 0.438 bits per heavy atom. The van der Waals surface area contributed by atoms with E-state index in [4.69, 9.17) is 0 Å². The Kier molecular flexibility index (Phi) is 5.15. The number of benzene rings is 4. The topological polar surface area (TPSA) is 0 Å². The molecule has 4 aromatic rings. The molecule has 0 aliphatic heterocycles. The lowest BCUT2D eigenvalue weighted by atomic mass is 9.91. The van der Waals surface area contributed by atoms with Crippen LogP contribution in [0, 0.1) is 27.7 Å². The molecule has 32 heavy (non-hydrogen) atoms. The van der Waals surface area contributed by atoms with Gasteiger partial charge in [0.05, 0.1) is 0 Å². The molecule has 1 aliphatic carbocycles. The van der Waals surface area contributed by atoms with Gasteiger partial charge in [-0.15, -0.1) is 0 Å². The van der Waals surface area contributed by atoms with E-state index in [1.807, 2.05) is 0 Å². The number of hydrogen-bond donors (Lipinski definition) is 0. The number of rotatable bonds is 3. The van der Waals surface area contributed by atoms with Crippen LogP contribution in [0.2, 0.25) is 0 Å². The van der Waals surface area contributed by atoms with Gasteiger partial charge in [-0.2, -0.15) is 0 Å². The van der Waals surface area contributed by atoms with Crippen LogP contribution < -0.4 is 0 Å². The van der Waals surface area contributed by atoms with Crippen LogP contribution >= 0.6 is 0 Å². The van der Waals surface area contributed by atoms with Crippen LogP contribution in [-0.2, 0) is 0 Å². The Hall–Kier alpha value is -3.64. The molecule has 0 nitrogen and oxygen atoms in total. The minimum Gasteiger partial charge on any atom is -0.0587 e. The van der Waals surface area contributed by atoms with Crippen molar-refractivity contribution in [3.8, 4) is 0 Å².